The second kappa shape index (κ2) is 4.86. The molecule has 1 unspecified atom stereocenters. The van der Waals surface area contributed by atoms with E-state index in [2.05, 4.69) is 5.10 Å². The SMILES string of the molecule is Cn1nc(C(F)F)cc1S(=O)[O-].[Li+]. The molecule has 1 aromatic heterocycles. The van der Waals surface area contributed by atoms with Crippen LogP contribution >= 0.6 is 0 Å². The maximum absolute atomic E-state index is 11.9. The number of halogens is 2. The molecule has 0 spiro atoms. The van der Waals surface area contributed by atoms with Crippen molar-refractivity contribution in [3.05, 3.63) is 11.8 Å². The van der Waals surface area contributed by atoms with E-state index in [1.165, 1.54) is 7.05 Å². The Morgan fingerprint density at radius 1 is 1.69 bits per heavy atom. The molecule has 8 heteroatoms. The summed E-state index contributed by atoms with van der Waals surface area (Å²) in [7, 11) is 1.29. The van der Waals surface area contributed by atoms with Gasteiger partial charge in [0, 0.05) is 13.1 Å². The largest absolute Gasteiger partial charge is 1.00 e. The fourth-order valence-electron chi connectivity index (χ4n) is 0.734. The molecule has 1 rings (SSSR count). The van der Waals surface area contributed by atoms with Gasteiger partial charge in [0.2, 0.25) is 0 Å². The third-order valence-corrected chi connectivity index (χ3v) is 1.97. The molecule has 0 fully saturated rings. The van der Waals surface area contributed by atoms with Crippen LogP contribution in [-0.4, -0.2) is 18.5 Å². The van der Waals surface area contributed by atoms with Crippen LogP contribution in [0.25, 0.3) is 0 Å². The molecule has 0 saturated carbocycles. The predicted molar refractivity (Wildman–Crippen MR) is 35.4 cm³/mol. The minimum Gasteiger partial charge on any atom is -0.767 e. The number of aromatic nitrogens is 2. The molecule has 0 saturated heterocycles. The Hall–Kier alpha value is -0.223. The van der Waals surface area contributed by atoms with E-state index in [1.54, 1.807) is 0 Å². The molecular weight excluding hydrogens is 197 g/mol. The molecule has 1 heterocycles. The molecule has 0 aromatic carbocycles. The molecule has 13 heavy (non-hydrogen) atoms. The van der Waals surface area contributed by atoms with Crippen LogP contribution < -0.4 is 18.9 Å². The third-order valence-electron chi connectivity index (χ3n) is 1.25. The zero-order valence-corrected chi connectivity index (χ0v) is 7.85. The summed E-state index contributed by atoms with van der Waals surface area (Å²) in [6, 6.07) is 0.841. The van der Waals surface area contributed by atoms with Crippen LogP contribution in [0.4, 0.5) is 8.78 Å². The Balaban J connectivity index is 0.00000144. The molecule has 0 aliphatic carbocycles. The van der Waals surface area contributed by atoms with Gasteiger partial charge >= 0.3 is 18.9 Å². The first-order valence-electron chi connectivity index (χ1n) is 2.93. The summed E-state index contributed by atoms with van der Waals surface area (Å²) in [5.41, 5.74) is -0.531. The van der Waals surface area contributed by atoms with Gasteiger partial charge in [0.1, 0.15) is 10.7 Å². The van der Waals surface area contributed by atoms with Crippen LogP contribution in [0.2, 0.25) is 0 Å². The van der Waals surface area contributed by atoms with Crippen molar-refractivity contribution in [3.63, 3.8) is 0 Å². The van der Waals surface area contributed by atoms with Crippen molar-refractivity contribution in [2.24, 2.45) is 7.05 Å². The van der Waals surface area contributed by atoms with Crippen LogP contribution in [0, 0.1) is 0 Å². The average Bonchev–Trinajstić information content (AvgIpc) is 2.30. The molecule has 0 amide bonds. The number of hydrogen-bond acceptors (Lipinski definition) is 3. The number of hydrogen-bond donors (Lipinski definition) is 0. The second-order valence-electron chi connectivity index (χ2n) is 2.07. The molecule has 4 nitrogen and oxygen atoms in total. The van der Waals surface area contributed by atoms with Crippen molar-refractivity contribution < 1.29 is 36.4 Å². The smallest absolute Gasteiger partial charge is 0.767 e. The Kier molecular flexibility index (Phi) is 4.78. The Bertz CT molecular complexity index is 317. The molecule has 68 valence electrons. The summed E-state index contributed by atoms with van der Waals surface area (Å²) in [4.78, 5) is 0. The first kappa shape index (κ1) is 12.8. The van der Waals surface area contributed by atoms with Crippen molar-refractivity contribution in [2.75, 3.05) is 0 Å². The van der Waals surface area contributed by atoms with Gasteiger partial charge in [-0.25, -0.2) is 8.78 Å². The van der Waals surface area contributed by atoms with Crippen LogP contribution in [0.15, 0.2) is 11.1 Å². The fraction of sp³-hybridized carbons (Fsp3) is 0.400. The topological polar surface area (TPSA) is 58.0 Å². The Morgan fingerprint density at radius 2 is 2.23 bits per heavy atom. The van der Waals surface area contributed by atoms with Crippen LogP contribution in [0.1, 0.15) is 12.1 Å². The van der Waals surface area contributed by atoms with E-state index in [-0.39, 0.29) is 23.9 Å². The quantitative estimate of drug-likeness (QED) is 0.397. The summed E-state index contributed by atoms with van der Waals surface area (Å²) < 4.78 is 45.5. The average molecular weight is 202 g/mol. The minimum atomic E-state index is -2.74. The first-order valence-corrected chi connectivity index (χ1v) is 4.01. The monoisotopic (exact) mass is 202 g/mol. The first-order chi connectivity index (χ1) is 5.52. The van der Waals surface area contributed by atoms with Crippen molar-refractivity contribution in [1.82, 2.24) is 9.78 Å². The van der Waals surface area contributed by atoms with Crippen LogP contribution in [-0.2, 0) is 18.1 Å². The molecule has 0 radical (unpaired) electrons. The maximum atomic E-state index is 11.9. The normalized spacial score (nSPS) is 12.7. The van der Waals surface area contributed by atoms with Gasteiger partial charge in [0.25, 0.3) is 6.43 Å². The van der Waals surface area contributed by atoms with Gasteiger partial charge < -0.3 is 4.55 Å². The van der Waals surface area contributed by atoms with Gasteiger partial charge in [0.15, 0.2) is 0 Å². The van der Waals surface area contributed by atoms with Crippen LogP contribution in [0.5, 0.6) is 0 Å². The van der Waals surface area contributed by atoms with E-state index >= 15 is 0 Å². The van der Waals surface area contributed by atoms with Crippen molar-refractivity contribution >= 4 is 11.1 Å². The number of aryl methyl sites for hydroxylation is 1. The molecule has 0 aliphatic rings. The van der Waals surface area contributed by atoms with E-state index in [4.69, 9.17) is 0 Å². The maximum Gasteiger partial charge on any atom is 1.00 e. The van der Waals surface area contributed by atoms with Gasteiger partial charge in [-0.15, -0.1) is 0 Å². The van der Waals surface area contributed by atoms with E-state index in [9.17, 15) is 17.5 Å². The van der Waals surface area contributed by atoms with Crippen molar-refractivity contribution in [2.45, 2.75) is 11.5 Å². The van der Waals surface area contributed by atoms with Gasteiger partial charge in [-0.2, -0.15) is 5.10 Å². The predicted octanol–water partition coefficient (Wildman–Crippen LogP) is -2.40. The molecule has 1 atom stereocenters. The van der Waals surface area contributed by atoms with Gasteiger partial charge in [-0.3, -0.25) is 8.89 Å². The van der Waals surface area contributed by atoms with Gasteiger partial charge in [0.05, 0.1) is 0 Å². The van der Waals surface area contributed by atoms with Crippen molar-refractivity contribution in [3.8, 4) is 0 Å². The van der Waals surface area contributed by atoms with Crippen molar-refractivity contribution in [1.29, 1.82) is 0 Å². The summed E-state index contributed by atoms with van der Waals surface area (Å²) in [5, 5.41) is 3.06. The molecule has 1 aromatic rings. The number of rotatable bonds is 2. The Labute approximate surface area is 87.8 Å². The van der Waals surface area contributed by atoms with E-state index in [1.807, 2.05) is 0 Å². The molecular formula is C5H5F2LiN2O2S. The van der Waals surface area contributed by atoms with Crippen LogP contribution in [0.3, 0.4) is 0 Å². The number of nitrogens with zero attached hydrogens (tertiary/aromatic N) is 2. The zero-order chi connectivity index (χ0) is 9.30. The molecule has 0 aliphatic heterocycles. The summed E-state index contributed by atoms with van der Waals surface area (Å²) in [6.45, 7) is 0. The summed E-state index contributed by atoms with van der Waals surface area (Å²) in [5.74, 6) is 0. The zero-order valence-electron chi connectivity index (χ0n) is 7.03. The third kappa shape index (κ3) is 2.88. The minimum absolute atomic E-state index is 0. The summed E-state index contributed by atoms with van der Waals surface area (Å²) >= 11 is -2.52. The van der Waals surface area contributed by atoms with Gasteiger partial charge in [-0.1, -0.05) is 0 Å². The number of alkyl halides is 2. The fourth-order valence-corrected chi connectivity index (χ4v) is 1.21. The summed E-state index contributed by atoms with van der Waals surface area (Å²) in [6.07, 6.45) is -2.74. The van der Waals surface area contributed by atoms with E-state index in [0.29, 0.717) is 0 Å². The molecule has 0 bridgehead atoms. The van der Waals surface area contributed by atoms with Gasteiger partial charge in [-0.05, 0) is 11.1 Å². The molecule has 0 N–H and O–H groups in total. The standard InChI is InChI=1S/C5H6F2N2O2S.Li/c1-9-4(12(10)11)2-3(8-9)5(6)7;/h2,5H,1H3,(H,10,11);/q;+1/p-1. The van der Waals surface area contributed by atoms with E-state index < -0.39 is 23.2 Å². The van der Waals surface area contributed by atoms with E-state index in [0.717, 1.165) is 10.7 Å². The Morgan fingerprint density at radius 3 is 2.46 bits per heavy atom. The second-order valence-corrected chi connectivity index (χ2v) is 2.95.